The molecule has 40 heavy (non-hydrogen) atoms. The van der Waals surface area contributed by atoms with Gasteiger partial charge >= 0.3 is 0 Å². The predicted molar refractivity (Wildman–Crippen MR) is 164 cm³/mol. The SMILES string of the molecule is CC[C@H](OC)Oc1cccc(C[C@H]2CCCN(c3c(N[C@H](CNCC(C)C)CC4CCCCC4)c(=O)c3=O)C2)c1. The molecule has 1 aliphatic heterocycles. The summed E-state index contributed by atoms with van der Waals surface area (Å²) in [6.07, 6.45) is 11.1. The molecule has 0 bridgehead atoms. The molecule has 0 spiro atoms. The molecule has 2 N–H and O–H groups in total. The number of nitrogens with zero attached hydrogens (tertiary/aromatic N) is 1. The zero-order valence-corrected chi connectivity index (χ0v) is 25.2. The van der Waals surface area contributed by atoms with Gasteiger partial charge in [-0.05, 0) is 67.7 Å². The van der Waals surface area contributed by atoms with Crippen molar-refractivity contribution in [3.05, 3.63) is 50.3 Å². The van der Waals surface area contributed by atoms with E-state index < -0.39 is 0 Å². The van der Waals surface area contributed by atoms with Gasteiger partial charge in [0.1, 0.15) is 17.1 Å². The van der Waals surface area contributed by atoms with E-state index in [4.69, 9.17) is 9.47 Å². The smallest absolute Gasteiger partial charge is 0.253 e. The van der Waals surface area contributed by atoms with Crippen LogP contribution in [-0.2, 0) is 11.2 Å². The van der Waals surface area contributed by atoms with Gasteiger partial charge in [0.05, 0.1) is 0 Å². The first-order chi connectivity index (χ1) is 19.4. The Bertz CT molecular complexity index is 1120. The fourth-order valence-corrected chi connectivity index (χ4v) is 6.55. The zero-order chi connectivity index (χ0) is 28.5. The van der Waals surface area contributed by atoms with Gasteiger partial charge in [-0.1, -0.05) is 65.0 Å². The van der Waals surface area contributed by atoms with Crippen molar-refractivity contribution in [2.24, 2.45) is 17.8 Å². The Kier molecular flexibility index (Phi) is 11.5. The number of piperidine rings is 1. The van der Waals surface area contributed by atoms with Crippen LogP contribution in [0.1, 0.15) is 84.1 Å². The Morgan fingerprint density at radius 1 is 1.00 bits per heavy atom. The third kappa shape index (κ3) is 8.32. The molecule has 7 heteroatoms. The minimum absolute atomic E-state index is 0.159. The van der Waals surface area contributed by atoms with E-state index in [0.29, 0.717) is 29.1 Å². The van der Waals surface area contributed by atoms with Crippen molar-refractivity contribution in [2.75, 3.05) is 43.5 Å². The number of nitrogens with one attached hydrogen (secondary N) is 2. The maximum absolute atomic E-state index is 12.9. The molecule has 0 amide bonds. The zero-order valence-electron chi connectivity index (χ0n) is 25.2. The molecule has 1 saturated carbocycles. The van der Waals surface area contributed by atoms with E-state index in [2.05, 4.69) is 41.5 Å². The van der Waals surface area contributed by atoms with Crippen molar-refractivity contribution in [3.63, 3.8) is 0 Å². The van der Waals surface area contributed by atoms with E-state index in [9.17, 15) is 9.59 Å². The first-order valence-electron chi connectivity index (χ1n) is 15.7. The van der Waals surface area contributed by atoms with E-state index in [-0.39, 0.29) is 23.2 Å². The van der Waals surface area contributed by atoms with E-state index in [1.165, 1.54) is 37.7 Å². The highest BCUT2D eigenvalue weighted by molar-refractivity contribution is 5.75. The molecule has 0 aromatic heterocycles. The number of hydrogen-bond donors (Lipinski definition) is 2. The fraction of sp³-hybridized carbons (Fsp3) is 0.697. The Morgan fingerprint density at radius 3 is 2.50 bits per heavy atom. The highest BCUT2D eigenvalue weighted by Crippen LogP contribution is 2.31. The van der Waals surface area contributed by atoms with Crippen LogP contribution >= 0.6 is 0 Å². The molecule has 1 heterocycles. The van der Waals surface area contributed by atoms with Crippen LogP contribution in [0.2, 0.25) is 0 Å². The van der Waals surface area contributed by atoms with Gasteiger partial charge in [0.25, 0.3) is 10.9 Å². The number of benzene rings is 1. The molecule has 2 aliphatic rings. The van der Waals surface area contributed by atoms with Crippen LogP contribution in [-0.4, -0.2) is 45.6 Å². The van der Waals surface area contributed by atoms with Gasteiger partial charge in [0, 0.05) is 39.2 Å². The number of ether oxygens (including phenoxy) is 2. The minimum atomic E-state index is -0.344. The third-order valence-corrected chi connectivity index (χ3v) is 8.64. The molecule has 2 aromatic carbocycles. The summed E-state index contributed by atoms with van der Waals surface area (Å²) in [5, 5.41) is 7.17. The molecule has 0 radical (unpaired) electrons. The maximum atomic E-state index is 12.9. The van der Waals surface area contributed by atoms with Gasteiger partial charge in [-0.2, -0.15) is 0 Å². The summed E-state index contributed by atoms with van der Waals surface area (Å²) in [6.45, 7) is 9.84. The van der Waals surface area contributed by atoms with Gasteiger partial charge in [-0.3, -0.25) is 9.59 Å². The van der Waals surface area contributed by atoms with Crippen LogP contribution < -0.4 is 31.1 Å². The molecule has 2 fully saturated rings. The highest BCUT2D eigenvalue weighted by atomic mass is 16.7. The van der Waals surface area contributed by atoms with Crippen molar-refractivity contribution in [1.29, 1.82) is 0 Å². The van der Waals surface area contributed by atoms with Crippen LogP contribution in [0.5, 0.6) is 5.75 Å². The predicted octanol–water partition coefficient (Wildman–Crippen LogP) is 5.50. The van der Waals surface area contributed by atoms with Crippen molar-refractivity contribution in [1.82, 2.24) is 5.32 Å². The molecular formula is C33H51N3O4. The van der Waals surface area contributed by atoms with E-state index in [1.807, 2.05) is 19.1 Å². The van der Waals surface area contributed by atoms with Crippen LogP contribution in [0.3, 0.4) is 0 Å². The standard InChI is InChI=1S/C33H51N3O4/c1-5-29(39-4)40-28-15-9-13-25(19-28)17-26-14-10-16-36(22-26)31-30(32(37)33(31)38)35-27(21-34-20-23(2)3)18-24-11-7-6-8-12-24/h9,13,15,19,23-24,26-27,29,34-35H,5-8,10-12,14,16-18,20-22H2,1-4H3/t26-,27+,29-/m1/s1. The van der Waals surface area contributed by atoms with Crippen molar-refractivity contribution < 1.29 is 9.47 Å². The Balaban J connectivity index is 1.42. The van der Waals surface area contributed by atoms with Crippen LogP contribution in [0.4, 0.5) is 11.4 Å². The summed E-state index contributed by atoms with van der Waals surface area (Å²) in [6, 6.07) is 8.41. The van der Waals surface area contributed by atoms with Gasteiger partial charge in [0.2, 0.25) is 0 Å². The van der Waals surface area contributed by atoms with Crippen molar-refractivity contribution in [2.45, 2.75) is 97.3 Å². The minimum Gasteiger partial charge on any atom is -0.465 e. The molecule has 222 valence electrons. The lowest BCUT2D eigenvalue weighted by molar-refractivity contribution is -0.0548. The van der Waals surface area contributed by atoms with Crippen molar-refractivity contribution >= 4 is 11.4 Å². The molecule has 4 rings (SSSR count). The second kappa shape index (κ2) is 15.0. The van der Waals surface area contributed by atoms with E-state index in [0.717, 1.165) is 64.0 Å². The first kappa shape index (κ1) is 30.6. The lowest BCUT2D eigenvalue weighted by Gasteiger charge is -2.37. The van der Waals surface area contributed by atoms with Crippen LogP contribution in [0.25, 0.3) is 0 Å². The second-order valence-corrected chi connectivity index (χ2v) is 12.5. The normalized spacial score (nSPS) is 20.1. The number of rotatable bonds is 15. The summed E-state index contributed by atoms with van der Waals surface area (Å²) in [7, 11) is 1.67. The van der Waals surface area contributed by atoms with Crippen molar-refractivity contribution in [3.8, 4) is 5.75 Å². The Labute approximate surface area is 240 Å². The van der Waals surface area contributed by atoms with E-state index >= 15 is 0 Å². The maximum Gasteiger partial charge on any atom is 0.253 e. The quantitative estimate of drug-likeness (QED) is 0.223. The summed E-state index contributed by atoms with van der Waals surface area (Å²) < 4.78 is 11.3. The van der Waals surface area contributed by atoms with Crippen LogP contribution in [0.15, 0.2) is 33.9 Å². The number of hydrogen-bond acceptors (Lipinski definition) is 7. The van der Waals surface area contributed by atoms with Gasteiger partial charge in [0.15, 0.2) is 6.29 Å². The summed E-state index contributed by atoms with van der Waals surface area (Å²) in [5.41, 5.74) is 1.73. The molecular weight excluding hydrogens is 502 g/mol. The molecule has 7 nitrogen and oxygen atoms in total. The van der Waals surface area contributed by atoms with Gasteiger partial charge in [-0.15, -0.1) is 0 Å². The topological polar surface area (TPSA) is 79.9 Å². The third-order valence-electron chi connectivity index (χ3n) is 8.64. The van der Waals surface area contributed by atoms with Gasteiger partial charge in [-0.25, -0.2) is 0 Å². The largest absolute Gasteiger partial charge is 0.465 e. The summed E-state index contributed by atoms with van der Waals surface area (Å²) in [4.78, 5) is 27.9. The molecule has 0 unspecified atom stereocenters. The van der Waals surface area contributed by atoms with Crippen LogP contribution in [0, 0.1) is 17.8 Å². The molecule has 1 aliphatic carbocycles. The molecule has 1 saturated heterocycles. The lowest BCUT2D eigenvalue weighted by atomic mass is 9.84. The van der Waals surface area contributed by atoms with E-state index in [1.54, 1.807) is 7.11 Å². The monoisotopic (exact) mass is 553 g/mol. The Hall–Kier alpha value is -2.38. The number of methoxy groups -OCH3 is 1. The fourth-order valence-electron chi connectivity index (χ4n) is 6.55. The second-order valence-electron chi connectivity index (χ2n) is 12.5. The molecule has 2 aromatic rings. The number of anilines is 2. The summed E-state index contributed by atoms with van der Waals surface area (Å²) in [5.74, 6) is 2.50. The lowest BCUT2D eigenvalue weighted by Crippen LogP contribution is -2.48. The average molecular weight is 554 g/mol. The molecule has 3 atom stereocenters. The Morgan fingerprint density at radius 2 is 1.77 bits per heavy atom. The van der Waals surface area contributed by atoms with Gasteiger partial charge < -0.3 is 25.0 Å². The average Bonchev–Trinajstić information content (AvgIpc) is 2.96. The highest BCUT2D eigenvalue weighted by Gasteiger charge is 2.31. The first-order valence-corrected chi connectivity index (χ1v) is 15.7. The summed E-state index contributed by atoms with van der Waals surface area (Å²) >= 11 is 0.